The van der Waals surface area contributed by atoms with Gasteiger partial charge in [0.25, 0.3) is 10.2 Å². The van der Waals surface area contributed by atoms with Crippen LogP contribution in [0.25, 0.3) is 0 Å². The Morgan fingerprint density at radius 1 is 1.60 bits per heavy atom. The van der Waals surface area contributed by atoms with E-state index >= 15 is 0 Å². The average Bonchev–Trinajstić information content (AvgIpc) is 2.14. The Labute approximate surface area is 95.9 Å². The second kappa shape index (κ2) is 7.07. The van der Waals surface area contributed by atoms with E-state index in [2.05, 4.69) is 16.9 Å². The summed E-state index contributed by atoms with van der Waals surface area (Å²) in [4.78, 5) is 0.147. The molecule has 0 aliphatic rings. The molecule has 0 heterocycles. The molecule has 0 radical (unpaired) electrons. The number of nitrogens with two attached hydrogens (primary N) is 1. The van der Waals surface area contributed by atoms with Gasteiger partial charge in [-0.2, -0.15) is 17.4 Å². The van der Waals surface area contributed by atoms with E-state index in [4.69, 9.17) is 10.5 Å². The lowest BCUT2D eigenvalue weighted by Gasteiger charge is -2.19. The van der Waals surface area contributed by atoms with E-state index in [-0.39, 0.29) is 18.1 Å². The molecule has 8 heteroatoms. The summed E-state index contributed by atoms with van der Waals surface area (Å²) in [6.07, 6.45) is 0. The highest BCUT2D eigenvalue weighted by Gasteiger charge is 2.19. The molecule has 0 amide bonds. The Bertz CT molecular complexity index is 292. The predicted molar refractivity (Wildman–Crippen MR) is 62.8 cm³/mol. The van der Waals surface area contributed by atoms with E-state index in [0.29, 0.717) is 13.2 Å². The highest BCUT2D eigenvalue weighted by atomic mass is 32.2. The molecule has 0 unspecified atom stereocenters. The van der Waals surface area contributed by atoms with Crippen LogP contribution in [0.4, 0.5) is 0 Å². The number of likely N-dealkylation sites (N-methyl/N-ethyl adjacent to an activating group) is 1. The van der Waals surface area contributed by atoms with Crippen LogP contribution in [0.2, 0.25) is 0 Å². The first-order chi connectivity index (χ1) is 6.94. The number of hydrogen-bond donors (Lipinski definition) is 2. The molecule has 0 spiro atoms. The molecule has 0 atom stereocenters. The number of nitrogens with zero attached hydrogens (tertiary/aromatic N) is 1. The molecule has 0 bridgehead atoms. The zero-order valence-corrected chi connectivity index (χ0v) is 10.5. The molecule has 0 saturated heterocycles. The van der Waals surface area contributed by atoms with Crippen molar-refractivity contribution in [3.8, 4) is 0 Å². The Kier molecular flexibility index (Phi) is 6.94. The van der Waals surface area contributed by atoms with Crippen molar-refractivity contribution in [1.29, 1.82) is 0 Å². The molecule has 3 N–H and O–H groups in total. The zero-order valence-electron chi connectivity index (χ0n) is 8.89. The Morgan fingerprint density at radius 2 is 2.20 bits per heavy atom. The number of thiocarbonyl (C=S) groups is 1. The topological polar surface area (TPSA) is 84.7 Å². The molecule has 0 fully saturated rings. The standard InChI is InChI=1S/C7H17N3O3S2/c1-3-10(6-7(8)14)15(11,12)9-4-5-13-2/h9H,3-6H2,1-2H3,(H2,8,14). The molecule has 0 aliphatic carbocycles. The third kappa shape index (κ3) is 6.00. The minimum absolute atomic E-state index is 0.0498. The van der Waals surface area contributed by atoms with Crippen LogP contribution in [-0.4, -0.2) is 51.1 Å². The first kappa shape index (κ1) is 14.7. The van der Waals surface area contributed by atoms with Crippen molar-refractivity contribution in [3.05, 3.63) is 0 Å². The maximum absolute atomic E-state index is 11.6. The first-order valence-electron chi connectivity index (χ1n) is 4.46. The van der Waals surface area contributed by atoms with Crippen LogP contribution < -0.4 is 10.5 Å². The molecule has 0 aromatic rings. The second-order valence-corrected chi connectivity index (χ2v) is 5.06. The molecule has 15 heavy (non-hydrogen) atoms. The van der Waals surface area contributed by atoms with Gasteiger partial charge in [-0.05, 0) is 0 Å². The fraction of sp³-hybridized carbons (Fsp3) is 0.857. The average molecular weight is 255 g/mol. The van der Waals surface area contributed by atoms with Crippen LogP contribution in [0.15, 0.2) is 0 Å². The van der Waals surface area contributed by atoms with Crippen molar-refractivity contribution in [2.45, 2.75) is 6.92 Å². The smallest absolute Gasteiger partial charge is 0.279 e. The summed E-state index contributed by atoms with van der Waals surface area (Å²) in [5.74, 6) is 0. The predicted octanol–water partition coefficient (Wildman–Crippen LogP) is -0.925. The largest absolute Gasteiger partial charge is 0.392 e. The highest BCUT2D eigenvalue weighted by Crippen LogP contribution is 1.96. The lowest BCUT2D eigenvalue weighted by atomic mass is 10.6. The van der Waals surface area contributed by atoms with Gasteiger partial charge in [-0.15, -0.1) is 0 Å². The van der Waals surface area contributed by atoms with Crippen molar-refractivity contribution in [3.63, 3.8) is 0 Å². The summed E-state index contributed by atoms with van der Waals surface area (Å²) in [5, 5.41) is 0. The van der Waals surface area contributed by atoms with E-state index in [9.17, 15) is 8.42 Å². The normalized spacial score (nSPS) is 11.9. The van der Waals surface area contributed by atoms with E-state index in [1.165, 1.54) is 11.4 Å². The Balaban J connectivity index is 4.32. The summed E-state index contributed by atoms with van der Waals surface area (Å²) >= 11 is 4.66. The van der Waals surface area contributed by atoms with Crippen LogP contribution in [0.3, 0.4) is 0 Å². The van der Waals surface area contributed by atoms with Crippen molar-refractivity contribution in [2.75, 3.05) is 33.4 Å². The van der Waals surface area contributed by atoms with Crippen LogP contribution in [-0.2, 0) is 14.9 Å². The SMILES string of the molecule is CCN(CC(N)=S)S(=O)(=O)NCCOC. The first-order valence-corrected chi connectivity index (χ1v) is 6.30. The Morgan fingerprint density at radius 3 is 2.60 bits per heavy atom. The maximum Gasteiger partial charge on any atom is 0.279 e. The molecule has 0 saturated carbocycles. The minimum atomic E-state index is -3.50. The minimum Gasteiger partial charge on any atom is -0.392 e. The van der Waals surface area contributed by atoms with E-state index in [0.717, 1.165) is 0 Å². The van der Waals surface area contributed by atoms with Crippen molar-refractivity contribution >= 4 is 27.4 Å². The molecule has 0 aliphatic heterocycles. The van der Waals surface area contributed by atoms with E-state index in [1.807, 2.05) is 0 Å². The summed E-state index contributed by atoms with van der Waals surface area (Å²) in [6, 6.07) is 0. The third-order valence-corrected chi connectivity index (χ3v) is 3.38. The molecular weight excluding hydrogens is 238 g/mol. The van der Waals surface area contributed by atoms with Gasteiger partial charge < -0.3 is 10.5 Å². The molecule has 0 aromatic heterocycles. The number of nitrogens with one attached hydrogen (secondary N) is 1. The molecule has 0 rings (SSSR count). The van der Waals surface area contributed by atoms with Gasteiger partial charge in [0.05, 0.1) is 18.1 Å². The van der Waals surface area contributed by atoms with Gasteiger partial charge in [-0.25, -0.2) is 0 Å². The number of ether oxygens (including phenoxy) is 1. The van der Waals surface area contributed by atoms with Gasteiger partial charge in [0.1, 0.15) is 0 Å². The summed E-state index contributed by atoms with van der Waals surface area (Å²) in [5.41, 5.74) is 5.29. The Hall–Kier alpha value is -0.280. The quantitative estimate of drug-likeness (QED) is 0.433. The molecule has 6 nitrogen and oxygen atoms in total. The van der Waals surface area contributed by atoms with Gasteiger partial charge in [-0.3, -0.25) is 0 Å². The van der Waals surface area contributed by atoms with Crippen LogP contribution in [0, 0.1) is 0 Å². The fourth-order valence-corrected chi connectivity index (χ4v) is 2.31. The summed E-state index contributed by atoms with van der Waals surface area (Å²) in [6.45, 7) is 2.64. The van der Waals surface area contributed by atoms with Gasteiger partial charge in [0.2, 0.25) is 0 Å². The summed E-state index contributed by atoms with van der Waals surface area (Å²) in [7, 11) is -2.00. The monoisotopic (exact) mass is 255 g/mol. The number of rotatable bonds is 8. The number of methoxy groups -OCH3 is 1. The molecular formula is C7H17N3O3S2. The van der Waals surface area contributed by atoms with E-state index in [1.54, 1.807) is 6.92 Å². The van der Waals surface area contributed by atoms with Gasteiger partial charge >= 0.3 is 0 Å². The second-order valence-electron chi connectivity index (χ2n) is 2.78. The van der Waals surface area contributed by atoms with Gasteiger partial charge in [0.15, 0.2) is 0 Å². The number of hydrogen-bond acceptors (Lipinski definition) is 4. The molecule has 0 aromatic carbocycles. The highest BCUT2D eigenvalue weighted by molar-refractivity contribution is 7.87. The fourth-order valence-electron chi connectivity index (χ4n) is 0.905. The van der Waals surface area contributed by atoms with E-state index < -0.39 is 10.2 Å². The third-order valence-electron chi connectivity index (χ3n) is 1.62. The zero-order chi connectivity index (χ0) is 11.9. The van der Waals surface area contributed by atoms with Gasteiger partial charge in [-0.1, -0.05) is 19.1 Å². The van der Waals surface area contributed by atoms with Gasteiger partial charge in [0, 0.05) is 20.2 Å². The van der Waals surface area contributed by atoms with Crippen molar-refractivity contribution < 1.29 is 13.2 Å². The van der Waals surface area contributed by atoms with Crippen molar-refractivity contribution in [1.82, 2.24) is 9.03 Å². The van der Waals surface area contributed by atoms with Crippen LogP contribution in [0.5, 0.6) is 0 Å². The van der Waals surface area contributed by atoms with Crippen LogP contribution in [0.1, 0.15) is 6.92 Å². The summed E-state index contributed by atoms with van der Waals surface area (Å²) < 4.78 is 31.5. The maximum atomic E-state index is 11.6. The molecule has 90 valence electrons. The van der Waals surface area contributed by atoms with Crippen molar-refractivity contribution in [2.24, 2.45) is 5.73 Å². The lowest BCUT2D eigenvalue weighted by Crippen LogP contribution is -2.45. The van der Waals surface area contributed by atoms with Crippen LogP contribution >= 0.6 is 12.2 Å². The lowest BCUT2D eigenvalue weighted by molar-refractivity contribution is 0.204.